The van der Waals surface area contributed by atoms with Gasteiger partial charge in [0, 0.05) is 6.04 Å². The van der Waals surface area contributed by atoms with E-state index in [1.165, 1.54) is 0 Å². The van der Waals surface area contributed by atoms with Crippen LogP contribution in [0.2, 0.25) is 0 Å². The fourth-order valence-electron chi connectivity index (χ4n) is 1.18. The normalized spacial score (nSPS) is 12.8. The van der Waals surface area contributed by atoms with E-state index in [0.717, 1.165) is 0 Å². The molecule has 0 spiro atoms. The SMILES string of the molecule is CC(C)n1cc(O[C@H](C)CC(=O)O)cn1. The van der Waals surface area contributed by atoms with Crippen LogP contribution < -0.4 is 4.74 Å². The molecule has 1 heterocycles. The first-order chi connectivity index (χ1) is 6.99. The lowest BCUT2D eigenvalue weighted by atomic mass is 10.3. The van der Waals surface area contributed by atoms with Crippen molar-refractivity contribution in [3.05, 3.63) is 12.4 Å². The number of rotatable bonds is 5. The van der Waals surface area contributed by atoms with Crippen LogP contribution in [-0.4, -0.2) is 27.0 Å². The van der Waals surface area contributed by atoms with Crippen LogP contribution in [0, 0.1) is 0 Å². The highest BCUT2D eigenvalue weighted by atomic mass is 16.5. The molecule has 1 N–H and O–H groups in total. The average molecular weight is 212 g/mol. The van der Waals surface area contributed by atoms with Gasteiger partial charge in [-0.15, -0.1) is 0 Å². The van der Waals surface area contributed by atoms with Crippen molar-refractivity contribution in [3.63, 3.8) is 0 Å². The van der Waals surface area contributed by atoms with Crippen molar-refractivity contribution in [1.82, 2.24) is 9.78 Å². The number of hydrogen-bond acceptors (Lipinski definition) is 3. The Morgan fingerprint density at radius 3 is 2.73 bits per heavy atom. The van der Waals surface area contributed by atoms with Crippen LogP contribution >= 0.6 is 0 Å². The van der Waals surface area contributed by atoms with Gasteiger partial charge in [-0.3, -0.25) is 9.48 Å². The van der Waals surface area contributed by atoms with Gasteiger partial charge in [0.05, 0.1) is 18.8 Å². The van der Waals surface area contributed by atoms with Gasteiger partial charge in [-0.25, -0.2) is 0 Å². The molecule has 5 heteroatoms. The molecule has 1 atom stereocenters. The molecule has 0 saturated carbocycles. The van der Waals surface area contributed by atoms with Crippen molar-refractivity contribution in [3.8, 4) is 5.75 Å². The Hall–Kier alpha value is -1.52. The molecule has 1 aromatic heterocycles. The summed E-state index contributed by atoms with van der Waals surface area (Å²) in [5.41, 5.74) is 0. The predicted octanol–water partition coefficient (Wildman–Crippen LogP) is 1.71. The van der Waals surface area contributed by atoms with Gasteiger partial charge in [0.15, 0.2) is 5.75 Å². The fourth-order valence-corrected chi connectivity index (χ4v) is 1.18. The monoisotopic (exact) mass is 212 g/mol. The Kier molecular flexibility index (Phi) is 3.71. The highest BCUT2D eigenvalue weighted by Crippen LogP contribution is 2.14. The molecule has 0 unspecified atom stereocenters. The molecule has 0 bridgehead atoms. The zero-order valence-electron chi connectivity index (χ0n) is 9.17. The third-order valence-corrected chi connectivity index (χ3v) is 1.91. The van der Waals surface area contributed by atoms with Crippen LogP contribution in [0.25, 0.3) is 0 Å². The number of carbonyl (C=O) groups is 1. The van der Waals surface area contributed by atoms with E-state index in [0.29, 0.717) is 5.75 Å². The molecule has 5 nitrogen and oxygen atoms in total. The van der Waals surface area contributed by atoms with Gasteiger partial charge in [0.25, 0.3) is 0 Å². The van der Waals surface area contributed by atoms with Crippen molar-refractivity contribution >= 4 is 5.97 Å². The molecule has 84 valence electrons. The number of aliphatic carboxylic acids is 1. The summed E-state index contributed by atoms with van der Waals surface area (Å²) in [4.78, 5) is 10.4. The zero-order chi connectivity index (χ0) is 11.4. The van der Waals surface area contributed by atoms with Gasteiger partial charge in [-0.2, -0.15) is 5.10 Å². The van der Waals surface area contributed by atoms with Gasteiger partial charge < -0.3 is 9.84 Å². The maximum absolute atomic E-state index is 10.4. The molecule has 0 radical (unpaired) electrons. The molecule has 0 fully saturated rings. The first-order valence-electron chi connectivity index (χ1n) is 4.91. The van der Waals surface area contributed by atoms with Gasteiger partial charge in [0.2, 0.25) is 0 Å². The lowest BCUT2D eigenvalue weighted by Gasteiger charge is -2.10. The van der Waals surface area contributed by atoms with E-state index in [-0.39, 0.29) is 18.6 Å². The summed E-state index contributed by atoms with van der Waals surface area (Å²) >= 11 is 0. The van der Waals surface area contributed by atoms with E-state index in [9.17, 15) is 4.79 Å². The van der Waals surface area contributed by atoms with Gasteiger partial charge in [-0.1, -0.05) is 0 Å². The van der Waals surface area contributed by atoms with E-state index >= 15 is 0 Å². The summed E-state index contributed by atoms with van der Waals surface area (Å²) < 4.78 is 7.16. The molecule has 0 saturated heterocycles. The molecule has 1 rings (SSSR count). The van der Waals surface area contributed by atoms with E-state index in [2.05, 4.69) is 5.10 Å². The molecule has 15 heavy (non-hydrogen) atoms. The number of nitrogens with zero attached hydrogens (tertiary/aromatic N) is 2. The Labute approximate surface area is 88.7 Å². The number of carboxylic acids is 1. The lowest BCUT2D eigenvalue weighted by molar-refractivity contribution is -0.138. The maximum atomic E-state index is 10.4. The smallest absolute Gasteiger partial charge is 0.307 e. The Morgan fingerprint density at radius 2 is 2.27 bits per heavy atom. The van der Waals surface area contributed by atoms with Crippen molar-refractivity contribution in [1.29, 1.82) is 0 Å². The Balaban J connectivity index is 2.53. The van der Waals surface area contributed by atoms with Crippen LogP contribution in [0.5, 0.6) is 5.75 Å². The summed E-state index contributed by atoms with van der Waals surface area (Å²) in [6.45, 7) is 5.75. The number of aromatic nitrogens is 2. The Morgan fingerprint density at radius 1 is 1.60 bits per heavy atom. The standard InChI is InChI=1S/C10H16N2O3/c1-7(2)12-6-9(5-11-12)15-8(3)4-10(13)14/h5-8H,4H2,1-3H3,(H,13,14)/t8-/m1/s1. The zero-order valence-corrected chi connectivity index (χ0v) is 9.17. The van der Waals surface area contributed by atoms with E-state index < -0.39 is 5.97 Å². The first kappa shape index (κ1) is 11.6. The highest BCUT2D eigenvalue weighted by molar-refractivity contribution is 5.67. The summed E-state index contributed by atoms with van der Waals surface area (Å²) in [5, 5.41) is 12.6. The molecule has 0 aliphatic rings. The van der Waals surface area contributed by atoms with Crippen LogP contribution in [0.3, 0.4) is 0 Å². The second-order valence-corrected chi connectivity index (χ2v) is 3.78. The number of ether oxygens (including phenoxy) is 1. The van der Waals surface area contributed by atoms with Crippen LogP contribution in [0.1, 0.15) is 33.2 Å². The third kappa shape index (κ3) is 3.61. The van der Waals surface area contributed by atoms with E-state index in [4.69, 9.17) is 9.84 Å². The molecule has 1 aromatic rings. The quantitative estimate of drug-likeness (QED) is 0.806. The van der Waals surface area contributed by atoms with Crippen molar-refractivity contribution in [2.24, 2.45) is 0 Å². The molecule has 0 aliphatic heterocycles. The molecule has 0 aliphatic carbocycles. The highest BCUT2D eigenvalue weighted by Gasteiger charge is 2.10. The van der Waals surface area contributed by atoms with Crippen molar-refractivity contribution in [2.45, 2.75) is 39.3 Å². The summed E-state index contributed by atoms with van der Waals surface area (Å²) in [6.07, 6.45) is 3.01. The summed E-state index contributed by atoms with van der Waals surface area (Å²) in [6, 6.07) is 0.275. The minimum Gasteiger partial charge on any atom is -0.487 e. The van der Waals surface area contributed by atoms with Gasteiger partial charge in [0.1, 0.15) is 6.10 Å². The Bertz CT molecular complexity index is 333. The van der Waals surface area contributed by atoms with E-state index in [1.807, 2.05) is 13.8 Å². The summed E-state index contributed by atoms with van der Waals surface area (Å²) in [5.74, 6) is -0.254. The average Bonchev–Trinajstić information content (AvgIpc) is 2.50. The lowest BCUT2D eigenvalue weighted by Crippen LogP contribution is -2.16. The minimum atomic E-state index is -0.862. The van der Waals surface area contributed by atoms with E-state index in [1.54, 1.807) is 24.0 Å². The van der Waals surface area contributed by atoms with Crippen LogP contribution in [-0.2, 0) is 4.79 Å². The molecular formula is C10H16N2O3. The third-order valence-electron chi connectivity index (χ3n) is 1.91. The maximum Gasteiger partial charge on any atom is 0.307 e. The van der Waals surface area contributed by atoms with Gasteiger partial charge in [-0.05, 0) is 20.8 Å². The second-order valence-electron chi connectivity index (χ2n) is 3.78. The largest absolute Gasteiger partial charge is 0.487 e. The minimum absolute atomic E-state index is 0.00708. The molecule has 0 amide bonds. The molecular weight excluding hydrogens is 196 g/mol. The van der Waals surface area contributed by atoms with Crippen LogP contribution in [0.4, 0.5) is 0 Å². The van der Waals surface area contributed by atoms with Crippen molar-refractivity contribution in [2.75, 3.05) is 0 Å². The van der Waals surface area contributed by atoms with Gasteiger partial charge >= 0.3 is 5.97 Å². The molecule has 0 aromatic carbocycles. The first-order valence-corrected chi connectivity index (χ1v) is 4.91. The van der Waals surface area contributed by atoms with Crippen LogP contribution in [0.15, 0.2) is 12.4 Å². The number of hydrogen-bond donors (Lipinski definition) is 1. The van der Waals surface area contributed by atoms with Crippen molar-refractivity contribution < 1.29 is 14.6 Å². The number of carboxylic acid groups (broad SMARTS) is 1. The second kappa shape index (κ2) is 4.82. The topological polar surface area (TPSA) is 64.3 Å². The fraction of sp³-hybridized carbons (Fsp3) is 0.600. The summed E-state index contributed by atoms with van der Waals surface area (Å²) in [7, 11) is 0. The predicted molar refractivity (Wildman–Crippen MR) is 55.0 cm³/mol.